The summed E-state index contributed by atoms with van der Waals surface area (Å²) in [6, 6.07) is 7.88. The predicted molar refractivity (Wildman–Crippen MR) is 115 cm³/mol. The first-order chi connectivity index (χ1) is 13.1. The fraction of sp³-hybridized carbons (Fsp3) is 0.636. The van der Waals surface area contributed by atoms with E-state index < -0.39 is 0 Å². The average Bonchev–Trinajstić information content (AvgIpc) is 2.74. The molecule has 6 heteroatoms. The third-order valence-electron chi connectivity index (χ3n) is 6.17. The number of nitrogens with zero attached hydrogens (tertiary/aromatic N) is 2. The number of benzene rings is 1. The standard InChI is InChI=1S/C22H33N3O2.ClH/c1-3-18-6-8-19(9-7-18)22(27)25-13-11-24(12-14-25)21(26)15-17(2)20-5-4-10-23-16-20;/h6-9,17,20,23H,3-5,10-16H2,1-2H3;1H. The molecule has 0 saturated carbocycles. The summed E-state index contributed by atoms with van der Waals surface area (Å²) in [5, 5.41) is 3.44. The van der Waals surface area contributed by atoms with Crippen LogP contribution in [-0.2, 0) is 11.2 Å². The lowest BCUT2D eigenvalue weighted by atomic mass is 9.85. The molecule has 2 fully saturated rings. The summed E-state index contributed by atoms with van der Waals surface area (Å²) in [6.45, 7) is 9.00. The van der Waals surface area contributed by atoms with Gasteiger partial charge in [0.05, 0.1) is 0 Å². The second-order valence-electron chi connectivity index (χ2n) is 8.01. The summed E-state index contributed by atoms with van der Waals surface area (Å²) in [5.41, 5.74) is 1.98. The van der Waals surface area contributed by atoms with Crippen molar-refractivity contribution in [3.05, 3.63) is 35.4 Å². The van der Waals surface area contributed by atoms with Crippen LogP contribution in [0.3, 0.4) is 0 Å². The number of hydrogen-bond acceptors (Lipinski definition) is 3. The lowest BCUT2D eigenvalue weighted by molar-refractivity contribution is -0.134. The van der Waals surface area contributed by atoms with Gasteiger partial charge in [-0.1, -0.05) is 26.0 Å². The van der Waals surface area contributed by atoms with Gasteiger partial charge in [0.15, 0.2) is 0 Å². The summed E-state index contributed by atoms with van der Waals surface area (Å²) in [4.78, 5) is 29.2. The van der Waals surface area contributed by atoms with E-state index in [4.69, 9.17) is 0 Å². The summed E-state index contributed by atoms with van der Waals surface area (Å²) < 4.78 is 0. The van der Waals surface area contributed by atoms with Crippen LogP contribution < -0.4 is 5.32 Å². The Bertz CT molecular complexity index is 636. The molecule has 0 aliphatic carbocycles. The lowest BCUT2D eigenvalue weighted by Gasteiger charge is -2.36. The minimum Gasteiger partial charge on any atom is -0.339 e. The van der Waals surface area contributed by atoms with E-state index in [1.54, 1.807) is 0 Å². The average molecular weight is 408 g/mol. The Morgan fingerprint density at radius 2 is 1.75 bits per heavy atom. The van der Waals surface area contributed by atoms with E-state index in [9.17, 15) is 9.59 Å². The topological polar surface area (TPSA) is 52.7 Å². The first kappa shape index (κ1) is 22.7. The van der Waals surface area contributed by atoms with E-state index in [0.29, 0.717) is 44.4 Å². The van der Waals surface area contributed by atoms with E-state index in [2.05, 4.69) is 19.2 Å². The first-order valence-corrected chi connectivity index (χ1v) is 10.4. The third kappa shape index (κ3) is 5.71. The van der Waals surface area contributed by atoms with Gasteiger partial charge in [-0.2, -0.15) is 0 Å². The zero-order valence-electron chi connectivity index (χ0n) is 17.2. The molecule has 2 heterocycles. The molecule has 2 aliphatic rings. The Kier molecular flexibility index (Phi) is 8.77. The second kappa shape index (κ2) is 10.8. The number of halogens is 1. The van der Waals surface area contributed by atoms with Crippen molar-refractivity contribution in [2.75, 3.05) is 39.3 Å². The van der Waals surface area contributed by atoms with Gasteiger partial charge in [-0.25, -0.2) is 0 Å². The smallest absolute Gasteiger partial charge is 0.253 e. The van der Waals surface area contributed by atoms with Crippen molar-refractivity contribution in [2.24, 2.45) is 11.8 Å². The minimum absolute atomic E-state index is 0. The van der Waals surface area contributed by atoms with Crippen molar-refractivity contribution < 1.29 is 9.59 Å². The van der Waals surface area contributed by atoms with E-state index >= 15 is 0 Å². The highest BCUT2D eigenvalue weighted by Gasteiger charge is 2.28. The highest BCUT2D eigenvalue weighted by Crippen LogP contribution is 2.23. The van der Waals surface area contributed by atoms with Crippen molar-refractivity contribution >= 4 is 24.2 Å². The largest absolute Gasteiger partial charge is 0.339 e. The van der Waals surface area contributed by atoms with E-state index in [-0.39, 0.29) is 24.2 Å². The lowest BCUT2D eigenvalue weighted by Crippen LogP contribution is -2.51. The molecule has 5 nitrogen and oxygen atoms in total. The monoisotopic (exact) mass is 407 g/mol. The Labute approximate surface area is 175 Å². The molecular weight excluding hydrogens is 374 g/mol. The fourth-order valence-electron chi connectivity index (χ4n) is 4.16. The summed E-state index contributed by atoms with van der Waals surface area (Å²) >= 11 is 0. The second-order valence-corrected chi connectivity index (χ2v) is 8.01. The van der Waals surface area contributed by atoms with Gasteiger partial charge < -0.3 is 15.1 Å². The van der Waals surface area contributed by atoms with Gasteiger partial charge >= 0.3 is 0 Å². The van der Waals surface area contributed by atoms with Crippen LogP contribution in [0, 0.1) is 11.8 Å². The highest BCUT2D eigenvalue weighted by molar-refractivity contribution is 5.94. The normalized spacial score (nSPS) is 21.0. The van der Waals surface area contributed by atoms with Crippen LogP contribution in [0.1, 0.15) is 49.0 Å². The summed E-state index contributed by atoms with van der Waals surface area (Å²) in [7, 11) is 0. The van der Waals surface area contributed by atoms with Crippen molar-refractivity contribution in [3.63, 3.8) is 0 Å². The minimum atomic E-state index is 0. The van der Waals surface area contributed by atoms with Crippen LogP contribution in [0.15, 0.2) is 24.3 Å². The number of carbonyl (C=O) groups excluding carboxylic acids is 2. The van der Waals surface area contributed by atoms with Gasteiger partial charge in [-0.05, 0) is 61.9 Å². The first-order valence-electron chi connectivity index (χ1n) is 10.4. The van der Waals surface area contributed by atoms with Gasteiger partial charge in [0, 0.05) is 38.2 Å². The zero-order chi connectivity index (χ0) is 19.2. The van der Waals surface area contributed by atoms with Gasteiger partial charge in [-0.3, -0.25) is 9.59 Å². The number of piperazine rings is 1. The molecule has 3 rings (SSSR count). The number of piperidine rings is 1. The Hall–Kier alpha value is -1.59. The molecule has 0 bridgehead atoms. The molecule has 28 heavy (non-hydrogen) atoms. The number of rotatable bonds is 5. The number of carbonyl (C=O) groups is 2. The number of hydrogen-bond donors (Lipinski definition) is 1. The zero-order valence-corrected chi connectivity index (χ0v) is 18.0. The quantitative estimate of drug-likeness (QED) is 0.816. The van der Waals surface area contributed by atoms with Crippen molar-refractivity contribution in [2.45, 2.75) is 39.5 Å². The molecule has 1 aromatic rings. The highest BCUT2D eigenvalue weighted by atomic mass is 35.5. The van der Waals surface area contributed by atoms with E-state index in [0.717, 1.165) is 25.1 Å². The van der Waals surface area contributed by atoms with Crippen LogP contribution >= 0.6 is 12.4 Å². The number of amides is 2. The molecule has 2 atom stereocenters. The molecular formula is C22H34ClN3O2. The SMILES string of the molecule is CCc1ccc(C(=O)N2CCN(C(=O)CC(C)C3CCCNC3)CC2)cc1.Cl. The van der Waals surface area contributed by atoms with Crippen LogP contribution in [0.5, 0.6) is 0 Å². The number of aryl methyl sites for hydroxylation is 1. The van der Waals surface area contributed by atoms with Crippen LogP contribution in [0.2, 0.25) is 0 Å². The molecule has 156 valence electrons. The van der Waals surface area contributed by atoms with E-state index in [1.807, 2.05) is 34.1 Å². The van der Waals surface area contributed by atoms with Crippen molar-refractivity contribution in [1.82, 2.24) is 15.1 Å². The molecule has 0 aromatic heterocycles. The molecule has 2 unspecified atom stereocenters. The molecule has 2 aliphatic heterocycles. The van der Waals surface area contributed by atoms with Crippen molar-refractivity contribution in [1.29, 1.82) is 0 Å². The van der Waals surface area contributed by atoms with Crippen LogP contribution in [0.25, 0.3) is 0 Å². The van der Waals surface area contributed by atoms with Crippen LogP contribution in [0.4, 0.5) is 0 Å². The van der Waals surface area contributed by atoms with Gasteiger partial charge in [-0.15, -0.1) is 12.4 Å². The van der Waals surface area contributed by atoms with Gasteiger partial charge in [0.25, 0.3) is 5.91 Å². The molecule has 1 N–H and O–H groups in total. The molecule has 1 aromatic carbocycles. The Balaban J connectivity index is 0.00000280. The van der Waals surface area contributed by atoms with Gasteiger partial charge in [0.2, 0.25) is 5.91 Å². The Morgan fingerprint density at radius 3 is 2.32 bits per heavy atom. The maximum absolute atomic E-state index is 12.7. The maximum atomic E-state index is 12.7. The number of nitrogens with one attached hydrogen (secondary N) is 1. The Morgan fingerprint density at radius 1 is 1.11 bits per heavy atom. The summed E-state index contributed by atoms with van der Waals surface area (Å²) in [6.07, 6.45) is 4.03. The van der Waals surface area contributed by atoms with Gasteiger partial charge in [0.1, 0.15) is 0 Å². The van der Waals surface area contributed by atoms with E-state index in [1.165, 1.54) is 18.4 Å². The molecule has 0 radical (unpaired) electrons. The van der Waals surface area contributed by atoms with Crippen LogP contribution in [-0.4, -0.2) is 60.9 Å². The molecule has 0 spiro atoms. The third-order valence-corrected chi connectivity index (χ3v) is 6.17. The van der Waals surface area contributed by atoms with Crippen molar-refractivity contribution in [3.8, 4) is 0 Å². The molecule has 2 saturated heterocycles. The maximum Gasteiger partial charge on any atom is 0.253 e. The summed E-state index contributed by atoms with van der Waals surface area (Å²) in [5.74, 6) is 1.34. The predicted octanol–water partition coefficient (Wildman–Crippen LogP) is 2.98. The molecule has 2 amide bonds. The fourth-order valence-corrected chi connectivity index (χ4v) is 4.16.